The molecule has 0 radical (unpaired) electrons. The van der Waals surface area contributed by atoms with Gasteiger partial charge in [0.1, 0.15) is 11.2 Å². The highest BCUT2D eigenvalue weighted by Crippen LogP contribution is 2.35. The number of nitrogens with one attached hydrogen (secondary N) is 1. The van der Waals surface area contributed by atoms with E-state index >= 15 is 0 Å². The molecule has 1 aromatic carbocycles. The Hall–Kier alpha value is -1.45. The molecule has 0 aliphatic rings. The summed E-state index contributed by atoms with van der Waals surface area (Å²) in [6.45, 7) is 1.88. The van der Waals surface area contributed by atoms with Gasteiger partial charge in [0.05, 0.1) is 15.7 Å². The number of nitrogens with zero attached hydrogens (tertiary/aromatic N) is 1. The van der Waals surface area contributed by atoms with E-state index in [-0.39, 0.29) is 0 Å². The van der Waals surface area contributed by atoms with Gasteiger partial charge in [0.2, 0.25) is 0 Å². The summed E-state index contributed by atoms with van der Waals surface area (Å²) >= 11 is 12.3. The highest BCUT2D eigenvalue weighted by atomic mass is 35.5. The van der Waals surface area contributed by atoms with Crippen molar-refractivity contribution in [3.8, 4) is 11.3 Å². The average molecular weight is 267 g/mol. The summed E-state index contributed by atoms with van der Waals surface area (Å²) in [7, 11) is 0. The maximum Gasteiger partial charge on any atom is 0.185 e. The van der Waals surface area contributed by atoms with Crippen LogP contribution in [0.4, 0.5) is 0 Å². The number of aromatic nitrogens is 2. The molecule has 3 nitrogen and oxygen atoms in total. The fraction of sp³-hybridized carbons (Fsp3) is 0.0833. The van der Waals surface area contributed by atoms with E-state index in [9.17, 15) is 0 Å². The van der Waals surface area contributed by atoms with Gasteiger partial charge in [-0.15, -0.1) is 0 Å². The number of aryl methyl sites for hydroxylation is 1. The number of hydrogen-bond donors (Lipinski definition) is 1. The normalized spacial score (nSPS) is 11.2. The van der Waals surface area contributed by atoms with Gasteiger partial charge >= 0.3 is 0 Å². The number of halogens is 2. The minimum Gasteiger partial charge on any atom is -0.354 e. The largest absolute Gasteiger partial charge is 0.354 e. The third kappa shape index (κ3) is 1.63. The minimum atomic E-state index is 0.604. The topological polar surface area (TPSA) is 41.8 Å². The Bertz CT molecular complexity index is 679. The van der Waals surface area contributed by atoms with Crippen molar-refractivity contribution in [1.82, 2.24) is 10.1 Å². The molecule has 0 fully saturated rings. The van der Waals surface area contributed by atoms with Crippen LogP contribution in [-0.4, -0.2) is 10.1 Å². The van der Waals surface area contributed by atoms with E-state index in [1.54, 1.807) is 12.1 Å². The van der Waals surface area contributed by atoms with Crippen molar-refractivity contribution in [3.05, 3.63) is 40.0 Å². The van der Waals surface area contributed by atoms with Crippen LogP contribution in [0.5, 0.6) is 0 Å². The van der Waals surface area contributed by atoms with Crippen LogP contribution in [0.25, 0.3) is 22.4 Å². The first-order chi connectivity index (χ1) is 8.16. The zero-order chi connectivity index (χ0) is 12.0. The van der Waals surface area contributed by atoms with Crippen LogP contribution in [0.2, 0.25) is 10.0 Å². The minimum absolute atomic E-state index is 0.604. The highest BCUT2D eigenvalue weighted by molar-refractivity contribution is 6.39. The van der Waals surface area contributed by atoms with Crippen LogP contribution >= 0.6 is 23.2 Å². The molecule has 17 heavy (non-hydrogen) atoms. The molecule has 3 rings (SSSR count). The fourth-order valence-electron chi connectivity index (χ4n) is 1.83. The highest BCUT2D eigenvalue weighted by Gasteiger charge is 2.14. The van der Waals surface area contributed by atoms with Gasteiger partial charge < -0.3 is 9.51 Å². The van der Waals surface area contributed by atoms with Gasteiger partial charge in [0, 0.05) is 11.6 Å². The van der Waals surface area contributed by atoms with Gasteiger partial charge in [-0.2, -0.15) is 0 Å². The van der Waals surface area contributed by atoms with Gasteiger partial charge in [0.15, 0.2) is 5.58 Å². The molecule has 5 heteroatoms. The third-order valence-corrected chi connectivity index (χ3v) is 3.29. The van der Waals surface area contributed by atoms with Crippen LogP contribution in [-0.2, 0) is 0 Å². The van der Waals surface area contributed by atoms with Crippen molar-refractivity contribution in [2.45, 2.75) is 6.92 Å². The second kappa shape index (κ2) is 3.79. The van der Waals surface area contributed by atoms with Gasteiger partial charge in [-0.05, 0) is 19.1 Å². The van der Waals surface area contributed by atoms with Crippen LogP contribution in [0.1, 0.15) is 5.69 Å². The van der Waals surface area contributed by atoms with Gasteiger partial charge in [-0.25, -0.2) is 0 Å². The molecule has 0 aliphatic carbocycles. The first-order valence-corrected chi connectivity index (χ1v) is 5.82. The molecule has 0 saturated carbocycles. The second-order valence-electron chi connectivity index (χ2n) is 3.79. The van der Waals surface area contributed by atoms with E-state index in [0.717, 1.165) is 22.5 Å². The van der Waals surface area contributed by atoms with Gasteiger partial charge in [-0.3, -0.25) is 0 Å². The Morgan fingerprint density at radius 3 is 2.59 bits per heavy atom. The lowest BCUT2D eigenvalue weighted by molar-refractivity contribution is 0.450. The zero-order valence-electron chi connectivity index (χ0n) is 8.92. The molecule has 0 bridgehead atoms. The predicted octanol–water partition coefficient (Wildman–Crippen LogP) is 4.44. The van der Waals surface area contributed by atoms with E-state index in [2.05, 4.69) is 10.1 Å². The quantitative estimate of drug-likeness (QED) is 0.708. The number of hydrogen-bond acceptors (Lipinski definition) is 2. The van der Waals surface area contributed by atoms with Crippen LogP contribution in [0.15, 0.2) is 28.8 Å². The van der Waals surface area contributed by atoms with Crippen molar-refractivity contribution in [3.63, 3.8) is 0 Å². The lowest BCUT2D eigenvalue weighted by Gasteiger charge is -2.03. The van der Waals surface area contributed by atoms with E-state index in [4.69, 9.17) is 27.7 Å². The van der Waals surface area contributed by atoms with Crippen molar-refractivity contribution < 1.29 is 4.52 Å². The summed E-state index contributed by atoms with van der Waals surface area (Å²) in [5.74, 6) is 0. The molecule has 0 amide bonds. The molecular weight excluding hydrogens is 259 g/mol. The molecule has 2 aromatic heterocycles. The summed E-state index contributed by atoms with van der Waals surface area (Å²) in [5.41, 5.74) is 4.00. The lowest BCUT2D eigenvalue weighted by Crippen LogP contribution is -1.82. The van der Waals surface area contributed by atoms with Gasteiger partial charge in [-0.1, -0.05) is 34.4 Å². The monoisotopic (exact) mass is 266 g/mol. The van der Waals surface area contributed by atoms with Crippen LogP contribution < -0.4 is 0 Å². The number of fused-ring (bicyclic) bond motifs is 1. The summed E-state index contributed by atoms with van der Waals surface area (Å²) < 4.78 is 5.16. The summed E-state index contributed by atoms with van der Waals surface area (Å²) in [6, 6.07) is 7.27. The van der Waals surface area contributed by atoms with Crippen molar-refractivity contribution >= 4 is 34.3 Å². The van der Waals surface area contributed by atoms with Crippen LogP contribution in [0, 0.1) is 6.92 Å². The smallest absolute Gasteiger partial charge is 0.185 e. The Kier molecular flexibility index (Phi) is 2.38. The number of H-pyrrole nitrogens is 1. The summed E-state index contributed by atoms with van der Waals surface area (Å²) in [6.07, 6.45) is 0. The molecule has 0 aliphatic heterocycles. The van der Waals surface area contributed by atoms with Crippen molar-refractivity contribution in [2.75, 3.05) is 0 Å². The molecule has 2 heterocycles. The molecule has 0 saturated heterocycles. The zero-order valence-corrected chi connectivity index (χ0v) is 10.4. The molecule has 0 spiro atoms. The van der Waals surface area contributed by atoms with Crippen molar-refractivity contribution in [1.29, 1.82) is 0 Å². The van der Waals surface area contributed by atoms with E-state index in [1.807, 2.05) is 19.1 Å². The van der Waals surface area contributed by atoms with E-state index in [0.29, 0.717) is 15.6 Å². The Morgan fingerprint density at radius 1 is 1.24 bits per heavy atom. The predicted molar refractivity (Wildman–Crippen MR) is 68.6 cm³/mol. The average Bonchev–Trinajstić information content (AvgIpc) is 2.82. The van der Waals surface area contributed by atoms with Crippen LogP contribution in [0.3, 0.4) is 0 Å². The maximum atomic E-state index is 6.15. The fourth-order valence-corrected chi connectivity index (χ4v) is 2.43. The Labute approximate surface area is 107 Å². The first-order valence-electron chi connectivity index (χ1n) is 5.06. The standard InChI is InChI=1S/C12H8Cl2N2O/c1-6-12-10(17-16-6)5-9(15-12)11-7(13)3-2-4-8(11)14/h2-5,15H,1H3. The Balaban J connectivity index is 2.27. The molecule has 0 unspecified atom stereocenters. The summed E-state index contributed by atoms with van der Waals surface area (Å²) in [4.78, 5) is 3.22. The maximum absolute atomic E-state index is 6.15. The lowest BCUT2D eigenvalue weighted by atomic mass is 10.1. The van der Waals surface area contributed by atoms with Gasteiger partial charge in [0.25, 0.3) is 0 Å². The second-order valence-corrected chi connectivity index (χ2v) is 4.60. The molecule has 1 N–H and O–H groups in total. The third-order valence-electron chi connectivity index (χ3n) is 2.66. The number of aromatic amines is 1. The SMILES string of the molecule is Cc1noc2cc(-c3c(Cl)cccc3Cl)[nH]c12. The van der Waals surface area contributed by atoms with E-state index in [1.165, 1.54) is 0 Å². The molecule has 86 valence electrons. The Morgan fingerprint density at radius 2 is 1.94 bits per heavy atom. The van der Waals surface area contributed by atoms with E-state index < -0.39 is 0 Å². The molecule has 3 aromatic rings. The summed E-state index contributed by atoms with van der Waals surface area (Å²) in [5, 5.41) is 5.07. The number of rotatable bonds is 1. The van der Waals surface area contributed by atoms with Crippen molar-refractivity contribution in [2.24, 2.45) is 0 Å². The molecular formula is C12H8Cl2N2O. The molecule has 0 atom stereocenters. The first kappa shape index (κ1) is 10.7. The number of benzene rings is 1.